The number of carbonyl (C=O) groups is 1. The van der Waals surface area contributed by atoms with Crippen molar-refractivity contribution in [1.82, 2.24) is 5.32 Å². The fourth-order valence-corrected chi connectivity index (χ4v) is 6.94. The summed E-state index contributed by atoms with van der Waals surface area (Å²) in [6.45, 7) is 4.61. The summed E-state index contributed by atoms with van der Waals surface area (Å²) in [5.74, 6) is -0.213. The molecule has 0 aliphatic rings. The lowest BCUT2D eigenvalue weighted by Crippen LogP contribution is -2.45. The van der Waals surface area contributed by atoms with Gasteiger partial charge in [0.2, 0.25) is 5.91 Å². The standard InChI is InChI=1S/C45H87N2O6P/c1-6-8-10-12-14-16-18-20-22-23-25-27-29-31-33-35-37-39-45(49)46-43(42-53-54(50,51)52-41-40-47(3,4)5)44(48)38-36-34-32-30-28-26-24-21-19-17-15-13-11-9-7-2/h20,22,28,30,36,38,43-44,48H,6-19,21,23-27,29,31-35,37,39-42H2,1-5H3,(H-,46,49,50,51)/b22-20-,30-28+,38-36+. The average Bonchev–Trinajstić information content (AvgIpc) is 3.12. The fraction of sp³-hybridized carbons (Fsp3) is 0.844. The molecule has 0 spiro atoms. The van der Waals surface area contributed by atoms with Crippen molar-refractivity contribution in [2.45, 2.75) is 206 Å². The average molecular weight is 783 g/mol. The van der Waals surface area contributed by atoms with Crippen LogP contribution in [0, 0.1) is 0 Å². The second-order valence-electron chi connectivity index (χ2n) is 16.4. The number of phosphoric acid groups is 1. The van der Waals surface area contributed by atoms with Crippen molar-refractivity contribution in [2.24, 2.45) is 0 Å². The molecule has 0 aromatic heterocycles. The van der Waals surface area contributed by atoms with Gasteiger partial charge in [-0.15, -0.1) is 0 Å². The molecule has 54 heavy (non-hydrogen) atoms. The van der Waals surface area contributed by atoms with Gasteiger partial charge in [0.1, 0.15) is 13.2 Å². The Balaban J connectivity index is 4.47. The third-order valence-electron chi connectivity index (χ3n) is 9.82. The molecule has 0 aliphatic carbocycles. The van der Waals surface area contributed by atoms with Crippen LogP contribution in [0.4, 0.5) is 0 Å². The lowest BCUT2D eigenvalue weighted by molar-refractivity contribution is -0.870. The smallest absolute Gasteiger partial charge is 0.268 e. The van der Waals surface area contributed by atoms with E-state index in [-0.39, 0.29) is 12.5 Å². The molecule has 2 N–H and O–H groups in total. The maximum absolute atomic E-state index is 12.8. The van der Waals surface area contributed by atoms with Gasteiger partial charge in [0.25, 0.3) is 7.82 Å². The molecule has 0 aromatic rings. The molecule has 3 atom stereocenters. The Labute approximate surface area is 334 Å². The number of allylic oxidation sites excluding steroid dienone is 5. The lowest BCUT2D eigenvalue weighted by Gasteiger charge is -2.29. The van der Waals surface area contributed by atoms with E-state index in [1.165, 1.54) is 135 Å². The minimum absolute atomic E-state index is 0.00718. The molecule has 0 heterocycles. The van der Waals surface area contributed by atoms with Crippen LogP contribution in [-0.4, -0.2) is 68.5 Å². The number of quaternary nitrogens is 1. The highest BCUT2D eigenvalue weighted by atomic mass is 31.2. The number of nitrogens with zero attached hydrogens (tertiary/aromatic N) is 1. The first-order valence-corrected chi connectivity index (χ1v) is 23.8. The second kappa shape index (κ2) is 37.3. The summed E-state index contributed by atoms with van der Waals surface area (Å²) >= 11 is 0. The summed E-state index contributed by atoms with van der Waals surface area (Å²) < 4.78 is 23.2. The minimum atomic E-state index is -4.59. The normalized spacial score (nSPS) is 14.7. The molecule has 1 amide bonds. The van der Waals surface area contributed by atoms with Crippen molar-refractivity contribution in [2.75, 3.05) is 40.9 Å². The zero-order valence-corrected chi connectivity index (χ0v) is 36.8. The fourth-order valence-electron chi connectivity index (χ4n) is 6.22. The first-order valence-electron chi connectivity index (χ1n) is 22.4. The molecule has 0 rings (SSSR count). The minimum Gasteiger partial charge on any atom is -0.756 e. The topological polar surface area (TPSA) is 108 Å². The molecule has 0 aliphatic heterocycles. The molecular formula is C45H87N2O6P. The lowest BCUT2D eigenvalue weighted by atomic mass is 10.1. The summed E-state index contributed by atoms with van der Waals surface area (Å²) in [6, 6.07) is -0.903. The number of aliphatic hydroxyl groups is 1. The Morgan fingerprint density at radius 3 is 1.50 bits per heavy atom. The van der Waals surface area contributed by atoms with E-state index < -0.39 is 26.6 Å². The zero-order valence-electron chi connectivity index (χ0n) is 35.9. The summed E-state index contributed by atoms with van der Waals surface area (Å²) in [7, 11) is 1.24. The number of carbonyl (C=O) groups excluding carboxylic acids is 1. The van der Waals surface area contributed by atoms with E-state index in [1.54, 1.807) is 6.08 Å². The maximum Gasteiger partial charge on any atom is 0.268 e. The highest BCUT2D eigenvalue weighted by Crippen LogP contribution is 2.38. The van der Waals surface area contributed by atoms with Crippen LogP contribution in [0.3, 0.4) is 0 Å². The van der Waals surface area contributed by atoms with E-state index in [4.69, 9.17) is 9.05 Å². The van der Waals surface area contributed by atoms with E-state index in [2.05, 4.69) is 43.5 Å². The monoisotopic (exact) mass is 783 g/mol. The van der Waals surface area contributed by atoms with Crippen LogP contribution >= 0.6 is 7.82 Å². The van der Waals surface area contributed by atoms with E-state index in [0.717, 1.165) is 38.5 Å². The van der Waals surface area contributed by atoms with Crippen molar-refractivity contribution >= 4 is 13.7 Å². The van der Waals surface area contributed by atoms with E-state index in [0.29, 0.717) is 17.4 Å². The first kappa shape index (κ1) is 52.7. The Morgan fingerprint density at radius 2 is 1.04 bits per heavy atom. The molecule has 8 nitrogen and oxygen atoms in total. The number of aliphatic hydroxyl groups excluding tert-OH is 1. The Kier molecular flexibility index (Phi) is 36.4. The number of rotatable bonds is 40. The molecule has 0 saturated carbocycles. The van der Waals surface area contributed by atoms with Crippen LogP contribution in [0.25, 0.3) is 0 Å². The SMILES string of the molecule is CCCCCCCC/C=C\CCCCCCCCCC(=O)NC(COP(=O)([O-])OCC[N+](C)(C)C)C(O)/C=C/CC/C=C/CCCCCCCCCCC. The van der Waals surface area contributed by atoms with E-state index in [1.807, 2.05) is 27.2 Å². The van der Waals surface area contributed by atoms with Crippen LogP contribution < -0.4 is 10.2 Å². The number of nitrogens with one attached hydrogen (secondary N) is 1. The summed E-state index contributed by atoms with van der Waals surface area (Å²) in [6.07, 6.45) is 44.7. The Bertz CT molecular complexity index is 980. The molecule has 9 heteroatoms. The predicted octanol–water partition coefficient (Wildman–Crippen LogP) is 11.7. The first-order chi connectivity index (χ1) is 26.0. The Morgan fingerprint density at radius 1 is 0.630 bits per heavy atom. The van der Waals surface area contributed by atoms with Gasteiger partial charge >= 0.3 is 0 Å². The number of amides is 1. The highest BCUT2D eigenvalue weighted by molar-refractivity contribution is 7.45. The van der Waals surface area contributed by atoms with Crippen molar-refractivity contribution in [1.29, 1.82) is 0 Å². The van der Waals surface area contributed by atoms with Gasteiger partial charge in [-0.25, -0.2) is 0 Å². The quantitative estimate of drug-likeness (QED) is 0.0277. The molecule has 0 bridgehead atoms. The maximum atomic E-state index is 12.8. The molecule has 0 fully saturated rings. The van der Waals surface area contributed by atoms with Gasteiger partial charge in [-0.1, -0.05) is 166 Å². The van der Waals surface area contributed by atoms with Gasteiger partial charge in [0.15, 0.2) is 0 Å². The summed E-state index contributed by atoms with van der Waals surface area (Å²) in [4.78, 5) is 25.3. The van der Waals surface area contributed by atoms with Crippen molar-refractivity contribution in [3.05, 3.63) is 36.5 Å². The highest BCUT2D eigenvalue weighted by Gasteiger charge is 2.23. The van der Waals surface area contributed by atoms with Gasteiger partial charge in [0.05, 0.1) is 39.9 Å². The number of unbranched alkanes of at least 4 members (excludes halogenated alkanes) is 23. The largest absolute Gasteiger partial charge is 0.756 e. The van der Waals surface area contributed by atoms with Crippen LogP contribution in [0.15, 0.2) is 36.5 Å². The van der Waals surface area contributed by atoms with Crippen molar-refractivity contribution < 1.29 is 32.9 Å². The van der Waals surface area contributed by atoms with Crippen molar-refractivity contribution in [3.63, 3.8) is 0 Å². The second-order valence-corrected chi connectivity index (χ2v) is 17.8. The number of hydrogen-bond donors (Lipinski definition) is 2. The van der Waals surface area contributed by atoms with Gasteiger partial charge in [-0.05, 0) is 57.8 Å². The molecule has 0 saturated heterocycles. The molecule has 3 unspecified atom stereocenters. The Hall–Kier alpha value is -1.28. The van der Waals surface area contributed by atoms with Crippen LogP contribution in [0.2, 0.25) is 0 Å². The van der Waals surface area contributed by atoms with Crippen LogP contribution in [0.5, 0.6) is 0 Å². The van der Waals surface area contributed by atoms with E-state index in [9.17, 15) is 19.4 Å². The predicted molar refractivity (Wildman–Crippen MR) is 228 cm³/mol. The molecule has 0 aromatic carbocycles. The molecule has 0 radical (unpaired) electrons. The van der Waals surface area contributed by atoms with Crippen molar-refractivity contribution in [3.8, 4) is 0 Å². The van der Waals surface area contributed by atoms with Crippen LogP contribution in [0.1, 0.15) is 194 Å². The summed E-state index contributed by atoms with van der Waals surface area (Å²) in [5, 5.41) is 13.7. The molecular weight excluding hydrogens is 695 g/mol. The van der Waals surface area contributed by atoms with Gasteiger partial charge in [-0.3, -0.25) is 9.36 Å². The van der Waals surface area contributed by atoms with Crippen LogP contribution in [-0.2, 0) is 18.4 Å². The third kappa shape index (κ3) is 39.0. The number of phosphoric ester groups is 1. The molecule has 318 valence electrons. The zero-order chi connectivity index (χ0) is 40.0. The number of likely N-dealkylation sites (N-methyl/N-ethyl adjacent to an activating group) is 1. The number of hydrogen-bond acceptors (Lipinski definition) is 6. The van der Waals surface area contributed by atoms with Gasteiger partial charge in [0, 0.05) is 6.42 Å². The van der Waals surface area contributed by atoms with Gasteiger partial charge in [-0.2, -0.15) is 0 Å². The van der Waals surface area contributed by atoms with E-state index >= 15 is 0 Å². The van der Waals surface area contributed by atoms with Gasteiger partial charge < -0.3 is 28.8 Å². The third-order valence-corrected chi connectivity index (χ3v) is 10.8. The summed E-state index contributed by atoms with van der Waals surface area (Å²) in [5.41, 5.74) is 0.